The van der Waals surface area contributed by atoms with E-state index in [4.69, 9.17) is 9.98 Å². The maximum Gasteiger partial charge on any atom is 0.160 e. The van der Waals surface area contributed by atoms with Crippen LogP contribution >= 0.6 is 11.3 Å². The number of benzene rings is 7. The van der Waals surface area contributed by atoms with Crippen molar-refractivity contribution in [2.24, 2.45) is 9.98 Å². The Morgan fingerprint density at radius 2 is 1.20 bits per heavy atom. The summed E-state index contributed by atoms with van der Waals surface area (Å²) in [7, 11) is 0. The van der Waals surface area contributed by atoms with Crippen LogP contribution in [-0.2, 0) is 17.3 Å². The van der Waals surface area contributed by atoms with E-state index in [0.717, 1.165) is 40.1 Å². The van der Waals surface area contributed by atoms with Crippen LogP contribution in [0, 0.1) is 0 Å². The summed E-state index contributed by atoms with van der Waals surface area (Å²) in [6, 6.07) is 59.7. The van der Waals surface area contributed by atoms with Crippen molar-refractivity contribution >= 4 is 60.5 Å². The third-order valence-corrected chi connectivity index (χ3v) is 14.2. The van der Waals surface area contributed by atoms with Crippen LogP contribution in [0.5, 0.6) is 0 Å². The Bertz CT molecular complexity index is 3420. The molecule has 3 heterocycles. The number of nitrogens with zero attached hydrogens (tertiary/aromatic N) is 3. The van der Waals surface area contributed by atoms with E-state index in [1.165, 1.54) is 75.8 Å². The van der Waals surface area contributed by atoms with Crippen LogP contribution in [0.3, 0.4) is 0 Å². The summed E-state index contributed by atoms with van der Waals surface area (Å²) in [5.74, 6) is 1.51. The fourth-order valence-electron chi connectivity index (χ4n) is 9.49. The number of hydrogen-bond donors (Lipinski definition) is 1. The second kappa shape index (κ2) is 15.6. The normalized spacial score (nSPS) is 15.4. The third kappa shape index (κ3) is 7.44. The van der Waals surface area contributed by atoms with Gasteiger partial charge in [-0.25, -0.2) is 9.98 Å². The van der Waals surface area contributed by atoms with Crippen LogP contribution < -0.4 is 5.32 Å². The van der Waals surface area contributed by atoms with E-state index in [0.29, 0.717) is 5.84 Å². The van der Waals surface area contributed by atoms with Gasteiger partial charge in [0.15, 0.2) is 5.84 Å². The highest BCUT2D eigenvalue weighted by molar-refractivity contribution is 7.19. The van der Waals surface area contributed by atoms with Gasteiger partial charge in [0.2, 0.25) is 0 Å². The molecule has 1 unspecified atom stereocenters. The van der Waals surface area contributed by atoms with Crippen molar-refractivity contribution in [1.29, 1.82) is 0 Å². The van der Waals surface area contributed by atoms with Crippen molar-refractivity contribution in [3.63, 3.8) is 0 Å². The summed E-state index contributed by atoms with van der Waals surface area (Å²) in [4.78, 5) is 12.0. The van der Waals surface area contributed by atoms with Gasteiger partial charge in [0.1, 0.15) is 12.0 Å². The highest BCUT2D eigenvalue weighted by Gasteiger charge is 2.29. The maximum absolute atomic E-state index is 5.37. The summed E-state index contributed by atoms with van der Waals surface area (Å²) in [5.41, 5.74) is 16.4. The van der Waals surface area contributed by atoms with E-state index in [2.05, 4.69) is 228 Å². The van der Waals surface area contributed by atoms with E-state index < -0.39 is 0 Å². The molecule has 2 aliphatic rings. The Morgan fingerprint density at radius 3 is 1.94 bits per heavy atom. The fraction of sp³-hybridized carbons (Fsp3) is 0.167. The summed E-state index contributed by atoms with van der Waals surface area (Å²) >= 11 is 1.86. The zero-order valence-corrected chi connectivity index (χ0v) is 38.7. The summed E-state index contributed by atoms with van der Waals surface area (Å²) in [5, 5.41) is 7.42. The number of nitrogens with one attached hydrogen (secondary N) is 1. The largest absolute Gasteiger partial charge is 0.344 e. The van der Waals surface area contributed by atoms with Crippen LogP contribution in [0.1, 0.15) is 80.4 Å². The molecule has 318 valence electrons. The molecule has 0 saturated heterocycles. The lowest BCUT2D eigenvalue weighted by Crippen LogP contribution is -2.33. The molecule has 0 radical (unpaired) electrons. The van der Waals surface area contributed by atoms with Crippen LogP contribution in [0.4, 0.5) is 0 Å². The molecule has 0 spiro atoms. The Morgan fingerprint density at radius 1 is 0.585 bits per heavy atom. The first kappa shape index (κ1) is 40.7. The highest BCUT2D eigenvalue weighted by atomic mass is 32.1. The number of rotatable bonds is 6. The van der Waals surface area contributed by atoms with Gasteiger partial charge in [0, 0.05) is 54.5 Å². The molecule has 4 nitrogen and oxygen atoms in total. The van der Waals surface area contributed by atoms with Crippen LogP contribution in [0.2, 0.25) is 0 Å². The van der Waals surface area contributed by atoms with Gasteiger partial charge in [0.05, 0.1) is 11.0 Å². The van der Waals surface area contributed by atoms with Gasteiger partial charge in [0.25, 0.3) is 0 Å². The van der Waals surface area contributed by atoms with Gasteiger partial charge in [-0.15, -0.1) is 11.3 Å². The summed E-state index contributed by atoms with van der Waals surface area (Å²) in [6.45, 7) is 18.4. The van der Waals surface area contributed by atoms with Crippen LogP contribution in [0.15, 0.2) is 192 Å². The lowest BCUT2D eigenvalue weighted by atomic mass is 9.80. The van der Waals surface area contributed by atoms with Gasteiger partial charge in [-0.3, -0.25) is 0 Å². The molecule has 5 heteroatoms. The summed E-state index contributed by atoms with van der Waals surface area (Å²) in [6.07, 6.45) is 2.70. The van der Waals surface area contributed by atoms with Crippen molar-refractivity contribution in [2.45, 2.75) is 65.0 Å². The van der Waals surface area contributed by atoms with E-state index >= 15 is 0 Å². The van der Waals surface area contributed by atoms with E-state index in [1.54, 1.807) is 0 Å². The molecule has 0 fully saturated rings. The van der Waals surface area contributed by atoms with E-state index in [1.807, 2.05) is 11.3 Å². The van der Waals surface area contributed by atoms with Crippen molar-refractivity contribution in [1.82, 2.24) is 9.88 Å². The van der Waals surface area contributed by atoms with Gasteiger partial charge in [-0.05, 0) is 110 Å². The Balaban J connectivity index is 1.04. The standard InChI is InChI=1S/C60H52N4S/c1-37-29-50(58-62-56(39-19-12-9-13-20-39)61-57(63-58)43-22-16-21-40(31-43)38-17-10-8-11-18-38)55-49-33-42(26-28-53(49)65-54(55)30-37)41-25-27-52-48(32-41)47-23-14-15-24-51(47)64(52)46-35-44(59(2,3)4)34-45(36-46)60(5,6)7/h8-29,31-36,56H,1,30H2,2-7H3,(H,61,62,63). The molecule has 0 bridgehead atoms. The minimum atomic E-state index is -0.316. The Labute approximate surface area is 386 Å². The molecule has 9 aromatic rings. The third-order valence-electron chi connectivity index (χ3n) is 13.0. The monoisotopic (exact) mass is 860 g/mol. The SMILES string of the molecule is C=C1C=C(C2=NC(c3ccccc3)NC(c3cccc(-c4ccccc4)c3)=N2)c2c(sc3ccc(-c4ccc5c(c4)c4ccccc4n5-c4cc(C(C)(C)C)cc(C(C)(C)C)c4)cc23)C1. The molecule has 1 aliphatic heterocycles. The number of thiophene rings is 1. The second-order valence-electron chi connectivity index (χ2n) is 19.7. The molecular weight excluding hydrogens is 809 g/mol. The van der Waals surface area contributed by atoms with E-state index in [-0.39, 0.29) is 17.0 Å². The lowest BCUT2D eigenvalue weighted by Gasteiger charge is -2.26. The molecule has 0 saturated carbocycles. The molecular formula is C60H52N4S. The predicted octanol–water partition coefficient (Wildman–Crippen LogP) is 15.6. The molecule has 1 atom stereocenters. The van der Waals surface area contributed by atoms with E-state index in [9.17, 15) is 0 Å². The fourth-order valence-corrected chi connectivity index (χ4v) is 10.7. The van der Waals surface area contributed by atoms with Crippen LogP contribution in [-0.4, -0.2) is 16.2 Å². The smallest absolute Gasteiger partial charge is 0.160 e. The molecule has 2 aromatic heterocycles. The number of hydrogen-bond acceptors (Lipinski definition) is 4. The maximum atomic E-state index is 5.37. The Kier molecular flexibility index (Phi) is 9.74. The minimum absolute atomic E-state index is 0.0108. The van der Waals surface area contributed by atoms with Gasteiger partial charge < -0.3 is 9.88 Å². The number of allylic oxidation sites excluding steroid dienone is 2. The molecule has 0 amide bonds. The zero-order chi connectivity index (χ0) is 44.6. The van der Waals surface area contributed by atoms with Crippen LogP contribution in [0.25, 0.3) is 65.4 Å². The zero-order valence-electron chi connectivity index (χ0n) is 37.9. The predicted molar refractivity (Wildman–Crippen MR) is 278 cm³/mol. The number of fused-ring (bicyclic) bond motifs is 6. The average Bonchev–Trinajstić information content (AvgIpc) is 3.85. The van der Waals surface area contributed by atoms with Gasteiger partial charge in [-0.2, -0.15) is 0 Å². The quantitative estimate of drug-likeness (QED) is 0.178. The number of aromatic nitrogens is 1. The van der Waals surface area contributed by atoms with Gasteiger partial charge >= 0.3 is 0 Å². The highest BCUT2D eigenvalue weighted by Crippen LogP contribution is 2.45. The topological polar surface area (TPSA) is 41.7 Å². The van der Waals surface area contributed by atoms with Gasteiger partial charge in [-0.1, -0.05) is 163 Å². The van der Waals surface area contributed by atoms with Crippen molar-refractivity contribution in [3.8, 4) is 27.9 Å². The second-order valence-corrected chi connectivity index (χ2v) is 20.8. The molecule has 1 aliphatic carbocycles. The first-order valence-corrected chi connectivity index (χ1v) is 23.5. The number of aliphatic imine (C=N–C) groups is 2. The summed E-state index contributed by atoms with van der Waals surface area (Å²) < 4.78 is 3.72. The lowest BCUT2D eigenvalue weighted by molar-refractivity contribution is 0.568. The first-order chi connectivity index (χ1) is 31.4. The minimum Gasteiger partial charge on any atom is -0.344 e. The van der Waals surface area contributed by atoms with Crippen molar-refractivity contribution < 1.29 is 0 Å². The molecule has 11 rings (SSSR count). The first-order valence-electron chi connectivity index (χ1n) is 22.7. The number of para-hydroxylation sites is 1. The Hall–Kier alpha value is -7.08. The number of amidine groups is 2. The molecule has 65 heavy (non-hydrogen) atoms. The average molecular weight is 861 g/mol. The van der Waals surface area contributed by atoms with Crippen molar-refractivity contribution in [2.75, 3.05) is 0 Å². The molecule has 7 aromatic carbocycles. The molecule has 1 N–H and O–H groups in total. The van der Waals surface area contributed by atoms with Crippen molar-refractivity contribution in [3.05, 3.63) is 215 Å².